The van der Waals surface area contributed by atoms with Gasteiger partial charge in [-0.3, -0.25) is 9.59 Å². The van der Waals surface area contributed by atoms with Crippen LogP contribution in [-0.4, -0.2) is 30.0 Å². The average Bonchev–Trinajstić information content (AvgIpc) is 3.21. The molecule has 0 aliphatic carbocycles. The van der Waals surface area contributed by atoms with E-state index >= 15 is 0 Å². The molecule has 2 amide bonds. The van der Waals surface area contributed by atoms with Crippen molar-refractivity contribution in [2.24, 2.45) is 0 Å². The molecule has 2 aromatic carbocycles. The number of nitrogens with zero attached hydrogens (tertiary/aromatic N) is 1. The molecule has 152 valence electrons. The monoisotopic (exact) mass is 425 g/mol. The van der Waals surface area contributed by atoms with Crippen molar-refractivity contribution in [3.8, 4) is 22.8 Å². The molecule has 9 heteroatoms. The quantitative estimate of drug-likeness (QED) is 0.667. The van der Waals surface area contributed by atoms with E-state index in [1.807, 2.05) is 23.6 Å². The van der Waals surface area contributed by atoms with Crippen LogP contribution in [0.1, 0.15) is 17.9 Å². The molecule has 0 fully saturated rings. The molecule has 0 saturated carbocycles. The summed E-state index contributed by atoms with van der Waals surface area (Å²) in [4.78, 5) is 29.3. The van der Waals surface area contributed by atoms with Gasteiger partial charge in [-0.05, 0) is 35.9 Å². The first-order valence-corrected chi connectivity index (χ1v) is 10.2. The van der Waals surface area contributed by atoms with Crippen LogP contribution in [0.15, 0.2) is 41.8 Å². The summed E-state index contributed by atoms with van der Waals surface area (Å²) in [5, 5.41) is 7.63. The number of halogens is 1. The van der Waals surface area contributed by atoms with Crippen molar-refractivity contribution in [1.29, 1.82) is 0 Å². The van der Waals surface area contributed by atoms with Crippen LogP contribution in [-0.2, 0) is 9.59 Å². The lowest BCUT2D eigenvalue weighted by atomic mass is 9.90. The van der Waals surface area contributed by atoms with Gasteiger partial charge in [0.1, 0.15) is 19.0 Å². The molecule has 1 unspecified atom stereocenters. The van der Waals surface area contributed by atoms with Gasteiger partial charge in [-0.1, -0.05) is 6.07 Å². The fraction of sp³-hybridized carbons (Fsp3) is 0.190. The summed E-state index contributed by atoms with van der Waals surface area (Å²) in [6.07, 6.45) is -0.00907. The molecule has 1 aromatic heterocycles. The minimum atomic E-state index is -0.712. The predicted molar refractivity (Wildman–Crippen MR) is 110 cm³/mol. The normalized spacial score (nSPS) is 17.1. The largest absolute Gasteiger partial charge is 0.486 e. The lowest BCUT2D eigenvalue weighted by molar-refractivity contribution is -0.123. The van der Waals surface area contributed by atoms with E-state index in [1.54, 1.807) is 0 Å². The van der Waals surface area contributed by atoms with E-state index in [2.05, 4.69) is 15.6 Å². The highest BCUT2D eigenvalue weighted by molar-refractivity contribution is 7.14. The minimum Gasteiger partial charge on any atom is -0.486 e. The van der Waals surface area contributed by atoms with Gasteiger partial charge in [0.25, 0.3) is 0 Å². The second kappa shape index (κ2) is 7.42. The fourth-order valence-electron chi connectivity index (χ4n) is 3.53. The van der Waals surface area contributed by atoms with Crippen molar-refractivity contribution < 1.29 is 23.5 Å². The molecule has 0 bridgehead atoms. The summed E-state index contributed by atoms with van der Waals surface area (Å²) < 4.78 is 24.6. The molecule has 3 aromatic rings. The van der Waals surface area contributed by atoms with Crippen molar-refractivity contribution in [3.05, 3.63) is 53.2 Å². The summed E-state index contributed by atoms with van der Waals surface area (Å²) in [5.74, 6) is -0.519. The maximum atomic E-state index is 13.5. The number of thiazole rings is 1. The van der Waals surface area contributed by atoms with Gasteiger partial charge in [0.05, 0.1) is 11.6 Å². The number of amides is 2. The van der Waals surface area contributed by atoms with Gasteiger partial charge >= 0.3 is 0 Å². The molecular weight excluding hydrogens is 409 g/mol. The highest BCUT2D eigenvalue weighted by Crippen LogP contribution is 2.36. The van der Waals surface area contributed by atoms with Crippen LogP contribution in [0.2, 0.25) is 0 Å². The van der Waals surface area contributed by atoms with E-state index in [-0.39, 0.29) is 18.2 Å². The van der Waals surface area contributed by atoms with E-state index in [0.29, 0.717) is 46.8 Å². The topological polar surface area (TPSA) is 89.6 Å². The third-order valence-corrected chi connectivity index (χ3v) is 5.70. The molecule has 2 aliphatic heterocycles. The van der Waals surface area contributed by atoms with E-state index < -0.39 is 11.7 Å². The Morgan fingerprint density at radius 1 is 1.17 bits per heavy atom. The molecule has 30 heavy (non-hydrogen) atoms. The second-order valence-electron chi connectivity index (χ2n) is 6.92. The van der Waals surface area contributed by atoms with Crippen LogP contribution < -0.4 is 20.1 Å². The Morgan fingerprint density at radius 3 is 2.87 bits per heavy atom. The van der Waals surface area contributed by atoms with Crippen LogP contribution in [0, 0.1) is 5.82 Å². The van der Waals surface area contributed by atoms with Crippen molar-refractivity contribution >= 4 is 34.0 Å². The lowest BCUT2D eigenvalue weighted by Crippen LogP contribution is -2.30. The Morgan fingerprint density at radius 2 is 2.00 bits per heavy atom. The zero-order chi connectivity index (χ0) is 20.7. The Kier molecular flexibility index (Phi) is 4.59. The molecule has 2 N–H and O–H groups in total. The third-order valence-electron chi connectivity index (χ3n) is 4.94. The predicted octanol–water partition coefficient (Wildman–Crippen LogP) is 3.78. The number of aromatic nitrogens is 1. The number of hydrogen-bond acceptors (Lipinski definition) is 6. The van der Waals surface area contributed by atoms with Crippen LogP contribution in [0.25, 0.3) is 11.3 Å². The number of nitrogens with one attached hydrogen (secondary N) is 2. The lowest BCUT2D eigenvalue weighted by Gasteiger charge is -2.24. The maximum Gasteiger partial charge on any atom is 0.234 e. The second-order valence-corrected chi connectivity index (χ2v) is 7.78. The van der Waals surface area contributed by atoms with Gasteiger partial charge in [0, 0.05) is 23.1 Å². The smallest absolute Gasteiger partial charge is 0.234 e. The molecule has 0 spiro atoms. The molecule has 5 rings (SSSR count). The van der Waals surface area contributed by atoms with Gasteiger partial charge in [-0.15, -0.1) is 11.3 Å². The van der Waals surface area contributed by atoms with Crippen LogP contribution in [0.4, 0.5) is 15.2 Å². The summed E-state index contributed by atoms with van der Waals surface area (Å²) in [5.41, 5.74) is 2.43. The average molecular weight is 425 g/mol. The summed E-state index contributed by atoms with van der Waals surface area (Å²) in [6, 6.07) is 9.58. The van der Waals surface area contributed by atoms with Crippen molar-refractivity contribution in [2.45, 2.75) is 12.3 Å². The maximum absolute atomic E-state index is 13.5. The minimum absolute atomic E-state index is 0.00907. The molecular formula is C21H16FN3O4S. The fourth-order valence-corrected chi connectivity index (χ4v) is 4.25. The Bertz CT molecular complexity index is 1160. The first-order valence-electron chi connectivity index (χ1n) is 9.32. The van der Waals surface area contributed by atoms with Crippen molar-refractivity contribution in [1.82, 2.24) is 4.98 Å². The zero-order valence-corrected chi connectivity index (χ0v) is 16.4. The van der Waals surface area contributed by atoms with Crippen LogP contribution >= 0.6 is 11.3 Å². The first-order chi connectivity index (χ1) is 14.6. The molecule has 0 saturated heterocycles. The highest BCUT2D eigenvalue weighted by Gasteiger charge is 2.31. The summed E-state index contributed by atoms with van der Waals surface area (Å²) in [7, 11) is 0. The molecule has 7 nitrogen and oxygen atoms in total. The SMILES string of the molecule is O=C1CC(C(=O)Nc2nc(-c3ccc4c(c3)OCCO4)cs2)c2ccc(F)cc2N1. The Labute approximate surface area is 174 Å². The number of ether oxygens (including phenoxy) is 2. The summed E-state index contributed by atoms with van der Waals surface area (Å²) in [6.45, 7) is 1.02. The first kappa shape index (κ1) is 18.6. The van der Waals surface area contributed by atoms with Gasteiger partial charge < -0.3 is 20.1 Å². The van der Waals surface area contributed by atoms with Crippen molar-refractivity contribution in [2.75, 3.05) is 23.8 Å². The number of rotatable bonds is 3. The van der Waals surface area contributed by atoms with Crippen LogP contribution in [0.3, 0.4) is 0 Å². The van der Waals surface area contributed by atoms with E-state index in [9.17, 15) is 14.0 Å². The molecule has 1 atom stereocenters. The van der Waals surface area contributed by atoms with Gasteiger partial charge in [0.15, 0.2) is 16.6 Å². The zero-order valence-electron chi connectivity index (χ0n) is 15.6. The number of carbonyl (C=O) groups is 2. The molecule has 0 radical (unpaired) electrons. The van der Waals surface area contributed by atoms with E-state index in [1.165, 1.54) is 29.5 Å². The van der Waals surface area contributed by atoms with Gasteiger partial charge in [-0.25, -0.2) is 9.37 Å². The van der Waals surface area contributed by atoms with Gasteiger partial charge in [-0.2, -0.15) is 0 Å². The van der Waals surface area contributed by atoms with Gasteiger partial charge in [0.2, 0.25) is 11.8 Å². The number of carbonyl (C=O) groups excluding carboxylic acids is 2. The van der Waals surface area contributed by atoms with E-state index in [0.717, 1.165) is 5.56 Å². The number of benzene rings is 2. The Balaban J connectivity index is 1.36. The van der Waals surface area contributed by atoms with Crippen LogP contribution in [0.5, 0.6) is 11.5 Å². The Hall–Kier alpha value is -3.46. The van der Waals surface area contributed by atoms with E-state index in [4.69, 9.17) is 9.47 Å². The standard InChI is InChI=1S/C21H16FN3O4S/c22-12-2-3-13-14(9-19(26)23-15(13)8-12)20(27)25-21-24-16(10-30-21)11-1-4-17-18(7-11)29-6-5-28-17/h1-4,7-8,10,14H,5-6,9H2,(H,23,26)(H,24,25,27). The molecule has 2 aliphatic rings. The number of anilines is 2. The molecule has 3 heterocycles. The number of hydrogen-bond donors (Lipinski definition) is 2. The highest BCUT2D eigenvalue weighted by atomic mass is 32.1. The van der Waals surface area contributed by atoms with Crippen molar-refractivity contribution in [3.63, 3.8) is 0 Å². The third kappa shape index (κ3) is 3.48. The summed E-state index contributed by atoms with van der Waals surface area (Å²) >= 11 is 1.28. The number of fused-ring (bicyclic) bond motifs is 2.